The first-order valence-electron chi connectivity index (χ1n) is 5.73. The topological polar surface area (TPSA) is 59.1 Å². The summed E-state index contributed by atoms with van der Waals surface area (Å²) in [4.78, 5) is 4.24. The lowest BCUT2D eigenvalue weighted by Crippen LogP contribution is -2.26. The molecule has 6 heteroatoms. The van der Waals surface area contributed by atoms with Crippen LogP contribution in [0.1, 0.15) is 5.56 Å². The van der Waals surface area contributed by atoms with Gasteiger partial charge in [-0.1, -0.05) is 18.2 Å². The van der Waals surface area contributed by atoms with Crippen LogP contribution in [0, 0.1) is 0 Å². The lowest BCUT2D eigenvalue weighted by Gasteiger charge is -2.08. The highest BCUT2D eigenvalue weighted by Gasteiger charge is 2.16. The van der Waals surface area contributed by atoms with Gasteiger partial charge in [0.05, 0.1) is 4.90 Å². The van der Waals surface area contributed by atoms with Crippen molar-refractivity contribution in [2.45, 2.75) is 11.3 Å². The van der Waals surface area contributed by atoms with Crippen LogP contribution in [0.25, 0.3) is 0 Å². The number of halogens is 1. The number of nitrogens with one attached hydrogen (secondary N) is 1. The summed E-state index contributed by atoms with van der Waals surface area (Å²) in [5, 5.41) is 0. The van der Waals surface area contributed by atoms with Gasteiger partial charge in [-0.25, -0.2) is 13.1 Å². The smallest absolute Gasteiger partial charge is 0.241 e. The number of benzene rings is 1. The van der Waals surface area contributed by atoms with E-state index in [2.05, 4.69) is 25.6 Å². The SMILES string of the molecule is O=S(=O)(NCCc1cccnc1)c1ccccc1Br. The fourth-order valence-corrected chi connectivity index (χ4v) is 3.65. The fraction of sp³-hybridized carbons (Fsp3) is 0.154. The summed E-state index contributed by atoms with van der Waals surface area (Å²) in [5.41, 5.74) is 0.998. The minimum Gasteiger partial charge on any atom is -0.264 e. The van der Waals surface area contributed by atoms with E-state index in [-0.39, 0.29) is 4.90 Å². The number of nitrogens with zero attached hydrogens (tertiary/aromatic N) is 1. The molecule has 0 spiro atoms. The Kier molecular flexibility index (Phi) is 4.68. The molecule has 0 radical (unpaired) electrons. The number of hydrogen-bond acceptors (Lipinski definition) is 3. The summed E-state index contributed by atoms with van der Waals surface area (Å²) < 4.78 is 27.3. The zero-order chi connectivity index (χ0) is 13.7. The Balaban J connectivity index is 2.01. The predicted octanol–water partition coefficient (Wildman–Crippen LogP) is 2.37. The first-order valence-corrected chi connectivity index (χ1v) is 8.00. The number of aromatic nitrogens is 1. The van der Waals surface area contributed by atoms with Crippen LogP contribution in [0.15, 0.2) is 58.2 Å². The highest BCUT2D eigenvalue weighted by atomic mass is 79.9. The average Bonchev–Trinajstić information content (AvgIpc) is 2.40. The molecule has 1 N–H and O–H groups in total. The molecule has 0 amide bonds. The van der Waals surface area contributed by atoms with Gasteiger partial charge in [-0.05, 0) is 46.1 Å². The molecule has 0 atom stereocenters. The van der Waals surface area contributed by atoms with E-state index in [9.17, 15) is 8.42 Å². The monoisotopic (exact) mass is 340 g/mol. The van der Waals surface area contributed by atoms with Crippen molar-refractivity contribution >= 4 is 26.0 Å². The standard InChI is InChI=1S/C13H13BrN2O2S/c14-12-5-1-2-6-13(12)19(17,18)16-9-7-11-4-3-8-15-10-11/h1-6,8,10,16H,7,9H2. The van der Waals surface area contributed by atoms with Crippen LogP contribution in [0.4, 0.5) is 0 Å². The Bertz CT molecular complexity index is 645. The minimum absolute atomic E-state index is 0.251. The van der Waals surface area contributed by atoms with E-state index >= 15 is 0 Å². The molecule has 1 aromatic carbocycles. The first-order chi connectivity index (χ1) is 9.09. The zero-order valence-electron chi connectivity index (χ0n) is 10.1. The van der Waals surface area contributed by atoms with E-state index in [4.69, 9.17) is 0 Å². The van der Waals surface area contributed by atoms with Crippen LogP contribution >= 0.6 is 15.9 Å². The van der Waals surface area contributed by atoms with E-state index in [1.807, 2.05) is 12.1 Å². The molecule has 0 saturated carbocycles. The van der Waals surface area contributed by atoms with Crippen molar-refractivity contribution in [3.05, 3.63) is 58.8 Å². The highest BCUT2D eigenvalue weighted by molar-refractivity contribution is 9.10. The van der Waals surface area contributed by atoms with E-state index < -0.39 is 10.0 Å². The van der Waals surface area contributed by atoms with Crippen molar-refractivity contribution in [3.63, 3.8) is 0 Å². The Morgan fingerprint density at radius 2 is 1.95 bits per heavy atom. The third-order valence-electron chi connectivity index (χ3n) is 2.55. The second-order valence-electron chi connectivity index (χ2n) is 3.94. The van der Waals surface area contributed by atoms with Crippen molar-refractivity contribution in [1.82, 2.24) is 9.71 Å². The van der Waals surface area contributed by atoms with Crippen molar-refractivity contribution in [2.75, 3.05) is 6.54 Å². The zero-order valence-corrected chi connectivity index (χ0v) is 12.5. The molecule has 0 bridgehead atoms. The Labute approximate surface area is 121 Å². The van der Waals surface area contributed by atoms with E-state index in [1.54, 1.807) is 36.7 Å². The average molecular weight is 341 g/mol. The van der Waals surface area contributed by atoms with Crippen molar-refractivity contribution in [3.8, 4) is 0 Å². The van der Waals surface area contributed by atoms with Gasteiger partial charge < -0.3 is 0 Å². The molecule has 4 nitrogen and oxygen atoms in total. The molecule has 0 fully saturated rings. The first kappa shape index (κ1) is 14.2. The molecule has 0 aliphatic heterocycles. The largest absolute Gasteiger partial charge is 0.264 e. The predicted molar refractivity (Wildman–Crippen MR) is 77.3 cm³/mol. The molecule has 100 valence electrons. The molecule has 1 aromatic heterocycles. The van der Waals surface area contributed by atoms with Crippen molar-refractivity contribution in [2.24, 2.45) is 0 Å². The second-order valence-corrected chi connectivity index (χ2v) is 6.53. The van der Waals surface area contributed by atoms with Gasteiger partial charge in [0, 0.05) is 23.4 Å². The van der Waals surface area contributed by atoms with Crippen molar-refractivity contribution in [1.29, 1.82) is 0 Å². The third kappa shape index (κ3) is 3.86. The summed E-state index contributed by atoms with van der Waals surface area (Å²) >= 11 is 3.24. The van der Waals surface area contributed by atoms with E-state index in [0.29, 0.717) is 17.4 Å². The van der Waals surface area contributed by atoms with Gasteiger partial charge >= 0.3 is 0 Å². The molecule has 0 aliphatic rings. The lowest BCUT2D eigenvalue weighted by molar-refractivity contribution is 0.581. The van der Waals surface area contributed by atoms with Crippen LogP contribution < -0.4 is 4.72 Å². The number of sulfonamides is 1. The van der Waals surface area contributed by atoms with Crippen molar-refractivity contribution < 1.29 is 8.42 Å². The Hall–Kier alpha value is -1.24. The molecule has 19 heavy (non-hydrogen) atoms. The van der Waals surface area contributed by atoms with E-state index in [1.165, 1.54) is 0 Å². The van der Waals surface area contributed by atoms with Gasteiger partial charge in [-0.15, -0.1) is 0 Å². The molecule has 2 rings (SSSR count). The van der Waals surface area contributed by atoms with Gasteiger partial charge in [0.25, 0.3) is 0 Å². The minimum atomic E-state index is -3.48. The Morgan fingerprint density at radius 1 is 1.16 bits per heavy atom. The molecule has 0 unspecified atom stereocenters. The van der Waals surface area contributed by atoms with E-state index in [0.717, 1.165) is 5.56 Å². The summed E-state index contributed by atoms with van der Waals surface area (Å²) in [6.07, 6.45) is 4.03. The summed E-state index contributed by atoms with van der Waals surface area (Å²) in [6.45, 7) is 0.343. The summed E-state index contributed by atoms with van der Waals surface area (Å²) in [5.74, 6) is 0. The van der Waals surface area contributed by atoms with Crippen LogP contribution in [-0.4, -0.2) is 19.9 Å². The van der Waals surface area contributed by atoms with Gasteiger partial charge in [0.1, 0.15) is 0 Å². The number of hydrogen-bond donors (Lipinski definition) is 1. The van der Waals surface area contributed by atoms with Gasteiger partial charge in [0.2, 0.25) is 10.0 Å². The van der Waals surface area contributed by atoms with Gasteiger partial charge in [-0.3, -0.25) is 4.98 Å². The number of pyridine rings is 1. The normalized spacial score (nSPS) is 11.4. The summed E-state index contributed by atoms with van der Waals surface area (Å²) in [6, 6.07) is 10.5. The third-order valence-corrected chi connectivity index (χ3v) is 5.03. The highest BCUT2D eigenvalue weighted by Crippen LogP contribution is 2.20. The molecular formula is C13H13BrN2O2S. The maximum absolute atomic E-state index is 12.1. The van der Waals surface area contributed by atoms with Crippen LogP contribution in [0.2, 0.25) is 0 Å². The molecule has 0 aliphatic carbocycles. The molecule has 2 aromatic rings. The number of rotatable bonds is 5. The van der Waals surface area contributed by atoms with Crippen LogP contribution in [0.3, 0.4) is 0 Å². The summed E-state index contributed by atoms with van der Waals surface area (Å²) in [7, 11) is -3.48. The lowest BCUT2D eigenvalue weighted by atomic mass is 10.2. The van der Waals surface area contributed by atoms with Crippen LogP contribution in [-0.2, 0) is 16.4 Å². The Morgan fingerprint density at radius 3 is 2.63 bits per heavy atom. The maximum atomic E-state index is 12.1. The maximum Gasteiger partial charge on any atom is 0.241 e. The van der Waals surface area contributed by atoms with Gasteiger partial charge in [0.15, 0.2) is 0 Å². The quantitative estimate of drug-likeness (QED) is 0.908. The van der Waals surface area contributed by atoms with Crippen LogP contribution in [0.5, 0.6) is 0 Å². The second kappa shape index (κ2) is 6.27. The molecule has 1 heterocycles. The molecular weight excluding hydrogens is 328 g/mol. The molecule has 0 saturated heterocycles. The fourth-order valence-electron chi connectivity index (χ4n) is 1.62. The van der Waals surface area contributed by atoms with Gasteiger partial charge in [-0.2, -0.15) is 0 Å².